The van der Waals surface area contributed by atoms with E-state index in [1.165, 1.54) is 0 Å². The molecule has 0 atom stereocenters. The first-order chi connectivity index (χ1) is 11.5. The predicted molar refractivity (Wildman–Crippen MR) is 89.3 cm³/mol. The summed E-state index contributed by atoms with van der Waals surface area (Å²) in [6, 6.07) is 1.97. The third-order valence-electron chi connectivity index (χ3n) is 3.86. The molecule has 134 valence electrons. The van der Waals surface area contributed by atoms with E-state index in [1.807, 2.05) is 22.6 Å². The second-order valence-corrected chi connectivity index (χ2v) is 6.03. The van der Waals surface area contributed by atoms with Gasteiger partial charge in [0.2, 0.25) is 5.91 Å². The van der Waals surface area contributed by atoms with Gasteiger partial charge in [-0.05, 0) is 19.4 Å². The lowest BCUT2D eigenvalue weighted by molar-refractivity contribution is -0.122. The van der Waals surface area contributed by atoms with Crippen LogP contribution >= 0.6 is 0 Å². The Bertz CT molecular complexity index is 570. The number of aromatic nitrogens is 2. The molecule has 1 N–H and O–H groups in total. The number of nitrogens with zero attached hydrogens (tertiary/aromatic N) is 4. The number of aryl methyl sites for hydroxylation is 1. The van der Waals surface area contributed by atoms with E-state index >= 15 is 0 Å². The largest absolute Gasteiger partial charge is 0.381 e. The molecule has 24 heavy (non-hydrogen) atoms. The van der Waals surface area contributed by atoms with Crippen LogP contribution in [-0.2, 0) is 29.2 Å². The zero-order valence-electron chi connectivity index (χ0n) is 14.7. The summed E-state index contributed by atoms with van der Waals surface area (Å²) in [5.41, 5.74) is 1.81. The van der Waals surface area contributed by atoms with Crippen molar-refractivity contribution in [3.05, 3.63) is 17.5 Å². The molecular weight excluding hydrogens is 310 g/mol. The molecule has 0 radical (unpaired) electrons. The van der Waals surface area contributed by atoms with E-state index in [4.69, 9.17) is 4.74 Å². The van der Waals surface area contributed by atoms with Crippen molar-refractivity contribution < 1.29 is 14.3 Å². The molecule has 3 amide bonds. The minimum atomic E-state index is -0.0453. The Kier molecular flexibility index (Phi) is 6.60. The van der Waals surface area contributed by atoms with E-state index in [-0.39, 0.29) is 11.9 Å². The zero-order chi connectivity index (χ0) is 17.5. The summed E-state index contributed by atoms with van der Waals surface area (Å²) in [6.07, 6.45) is 1.22. The molecule has 0 aromatic carbocycles. The van der Waals surface area contributed by atoms with Gasteiger partial charge in [-0.3, -0.25) is 9.48 Å². The Labute approximate surface area is 142 Å². The van der Waals surface area contributed by atoms with Crippen molar-refractivity contribution in [2.24, 2.45) is 0 Å². The highest BCUT2D eigenvalue weighted by atomic mass is 16.5. The van der Waals surface area contributed by atoms with Crippen LogP contribution in [0.2, 0.25) is 0 Å². The van der Waals surface area contributed by atoms with E-state index in [0.29, 0.717) is 32.7 Å². The Morgan fingerprint density at radius 3 is 2.88 bits per heavy atom. The van der Waals surface area contributed by atoms with Gasteiger partial charge >= 0.3 is 6.03 Å². The fraction of sp³-hybridized carbons (Fsp3) is 0.688. The zero-order valence-corrected chi connectivity index (χ0v) is 14.7. The summed E-state index contributed by atoms with van der Waals surface area (Å²) in [5, 5.41) is 7.39. The number of ether oxygens (including phenoxy) is 1. The van der Waals surface area contributed by atoms with Crippen LogP contribution in [0.4, 0.5) is 4.79 Å². The van der Waals surface area contributed by atoms with Gasteiger partial charge in [-0.2, -0.15) is 5.10 Å². The molecule has 0 spiro atoms. The lowest BCUT2D eigenvalue weighted by Crippen LogP contribution is -2.38. The van der Waals surface area contributed by atoms with Gasteiger partial charge in [0, 0.05) is 40.2 Å². The van der Waals surface area contributed by atoms with Gasteiger partial charge in [-0.25, -0.2) is 4.79 Å². The summed E-state index contributed by atoms with van der Waals surface area (Å²) in [7, 11) is 3.52. The van der Waals surface area contributed by atoms with E-state index in [1.54, 1.807) is 19.0 Å². The number of nitrogens with one attached hydrogen (secondary N) is 1. The summed E-state index contributed by atoms with van der Waals surface area (Å²) in [4.78, 5) is 27.3. The lowest BCUT2D eigenvalue weighted by atomic mass is 10.3. The van der Waals surface area contributed by atoms with Crippen LogP contribution in [0.5, 0.6) is 0 Å². The molecule has 1 aliphatic rings. The smallest absolute Gasteiger partial charge is 0.319 e. The molecule has 0 bridgehead atoms. The quantitative estimate of drug-likeness (QED) is 0.779. The number of rotatable bonds is 6. The maximum absolute atomic E-state index is 12.2. The number of carbonyl (C=O) groups excluding carboxylic acids is 2. The van der Waals surface area contributed by atoms with Crippen molar-refractivity contribution in [2.45, 2.75) is 39.4 Å². The van der Waals surface area contributed by atoms with Gasteiger partial charge < -0.3 is 19.9 Å². The van der Waals surface area contributed by atoms with E-state index in [2.05, 4.69) is 10.4 Å². The Balaban J connectivity index is 1.91. The van der Waals surface area contributed by atoms with Crippen molar-refractivity contribution in [3.8, 4) is 0 Å². The van der Waals surface area contributed by atoms with Crippen LogP contribution < -0.4 is 5.32 Å². The summed E-state index contributed by atoms with van der Waals surface area (Å²) in [6.45, 7) is 5.40. The fourth-order valence-electron chi connectivity index (χ4n) is 2.64. The summed E-state index contributed by atoms with van der Waals surface area (Å²) >= 11 is 0. The standard InChI is InChI=1S/C16H27N5O3/c1-4-24-9-6-15(22)17-11-13-10-14-12-20(16(23)19(2)3)7-5-8-21(14)18-13/h10H,4-9,11-12H2,1-3H3,(H,17,22). The van der Waals surface area contributed by atoms with Crippen LogP contribution in [0.1, 0.15) is 31.2 Å². The molecule has 0 fully saturated rings. The van der Waals surface area contributed by atoms with Gasteiger partial charge in [0.25, 0.3) is 0 Å². The number of hydrogen-bond acceptors (Lipinski definition) is 4. The van der Waals surface area contributed by atoms with E-state index < -0.39 is 0 Å². The molecule has 0 saturated carbocycles. The number of amides is 3. The first kappa shape index (κ1) is 18.3. The van der Waals surface area contributed by atoms with Crippen molar-refractivity contribution in [2.75, 3.05) is 33.9 Å². The number of hydrogen-bond donors (Lipinski definition) is 1. The number of carbonyl (C=O) groups is 2. The fourth-order valence-corrected chi connectivity index (χ4v) is 2.64. The van der Waals surface area contributed by atoms with Crippen LogP contribution in [0, 0.1) is 0 Å². The molecule has 8 nitrogen and oxygen atoms in total. The Morgan fingerprint density at radius 2 is 2.17 bits per heavy atom. The van der Waals surface area contributed by atoms with Gasteiger partial charge in [-0.1, -0.05) is 0 Å². The second-order valence-electron chi connectivity index (χ2n) is 6.03. The number of fused-ring (bicyclic) bond motifs is 1. The molecule has 0 unspecified atom stereocenters. The normalized spacial score (nSPS) is 14.0. The highest BCUT2D eigenvalue weighted by Gasteiger charge is 2.21. The molecule has 2 rings (SSSR count). The van der Waals surface area contributed by atoms with Gasteiger partial charge in [0.1, 0.15) is 0 Å². The molecule has 0 saturated heterocycles. The topological polar surface area (TPSA) is 79.7 Å². The van der Waals surface area contributed by atoms with Crippen molar-refractivity contribution in [3.63, 3.8) is 0 Å². The van der Waals surface area contributed by atoms with Crippen LogP contribution in [0.3, 0.4) is 0 Å². The molecule has 1 aromatic heterocycles. The van der Waals surface area contributed by atoms with E-state index in [0.717, 1.165) is 30.9 Å². The predicted octanol–water partition coefficient (Wildman–Crippen LogP) is 0.813. The van der Waals surface area contributed by atoms with Crippen molar-refractivity contribution >= 4 is 11.9 Å². The Hall–Kier alpha value is -2.09. The van der Waals surface area contributed by atoms with Crippen molar-refractivity contribution in [1.29, 1.82) is 0 Å². The third-order valence-corrected chi connectivity index (χ3v) is 3.86. The maximum atomic E-state index is 12.2. The molecule has 1 aromatic rings. The van der Waals surface area contributed by atoms with Gasteiger partial charge in [0.15, 0.2) is 0 Å². The van der Waals surface area contributed by atoms with E-state index in [9.17, 15) is 9.59 Å². The van der Waals surface area contributed by atoms with Crippen LogP contribution in [0.15, 0.2) is 6.07 Å². The monoisotopic (exact) mass is 337 g/mol. The number of urea groups is 1. The minimum absolute atomic E-state index is 0.00965. The van der Waals surface area contributed by atoms with Crippen LogP contribution in [0.25, 0.3) is 0 Å². The lowest BCUT2D eigenvalue weighted by Gasteiger charge is -2.23. The minimum Gasteiger partial charge on any atom is -0.381 e. The highest BCUT2D eigenvalue weighted by Crippen LogP contribution is 2.15. The van der Waals surface area contributed by atoms with Crippen molar-refractivity contribution in [1.82, 2.24) is 24.9 Å². The Morgan fingerprint density at radius 1 is 1.38 bits per heavy atom. The highest BCUT2D eigenvalue weighted by molar-refractivity contribution is 5.76. The summed E-state index contributed by atoms with van der Waals surface area (Å²) in [5.74, 6) is -0.0453. The summed E-state index contributed by atoms with van der Waals surface area (Å²) < 4.78 is 7.10. The molecular formula is C16H27N5O3. The second kappa shape index (κ2) is 8.68. The average molecular weight is 337 g/mol. The average Bonchev–Trinajstić information content (AvgIpc) is 2.83. The molecule has 0 aliphatic carbocycles. The maximum Gasteiger partial charge on any atom is 0.319 e. The SMILES string of the molecule is CCOCCC(=O)NCc1cc2n(n1)CCCN(C(=O)N(C)C)C2. The molecule has 8 heteroatoms. The van der Waals surface area contributed by atoms with Crippen LogP contribution in [-0.4, -0.2) is 65.4 Å². The molecule has 2 heterocycles. The molecule has 1 aliphatic heterocycles. The first-order valence-electron chi connectivity index (χ1n) is 8.37. The van der Waals surface area contributed by atoms with Gasteiger partial charge in [-0.15, -0.1) is 0 Å². The third kappa shape index (κ3) is 4.95. The first-order valence-corrected chi connectivity index (χ1v) is 8.37. The van der Waals surface area contributed by atoms with Gasteiger partial charge in [0.05, 0.1) is 31.1 Å².